The van der Waals surface area contributed by atoms with Gasteiger partial charge < -0.3 is 0 Å². The summed E-state index contributed by atoms with van der Waals surface area (Å²) < 4.78 is 1.66. The van der Waals surface area contributed by atoms with E-state index in [0.29, 0.717) is 6.42 Å². The van der Waals surface area contributed by atoms with Crippen molar-refractivity contribution in [1.29, 1.82) is 0 Å². The second-order valence-corrected chi connectivity index (χ2v) is 7.14. The van der Waals surface area contributed by atoms with E-state index >= 15 is 0 Å². The number of aromatic nitrogens is 5. The number of rotatable bonds is 5. The third-order valence-electron chi connectivity index (χ3n) is 5.07. The number of carbonyl (C=O) groups is 1. The number of aryl methyl sites for hydroxylation is 3. The number of ketones is 1. The number of hydrogen-bond acceptors (Lipinski definition) is 5. The first kappa shape index (κ1) is 18.7. The molecule has 0 saturated heterocycles. The molecule has 4 aromatic rings. The highest BCUT2D eigenvalue weighted by Gasteiger charge is 2.12. The van der Waals surface area contributed by atoms with Gasteiger partial charge in [-0.3, -0.25) is 9.78 Å². The summed E-state index contributed by atoms with van der Waals surface area (Å²) >= 11 is 0. The molecule has 0 bridgehead atoms. The topological polar surface area (TPSA) is 73.6 Å². The van der Waals surface area contributed by atoms with Gasteiger partial charge in [0.05, 0.1) is 0 Å². The van der Waals surface area contributed by atoms with Gasteiger partial charge in [-0.25, -0.2) is 4.68 Å². The van der Waals surface area contributed by atoms with Crippen molar-refractivity contribution in [2.24, 2.45) is 7.05 Å². The summed E-state index contributed by atoms with van der Waals surface area (Å²) in [6.45, 7) is 3.99. The Morgan fingerprint density at radius 1 is 0.966 bits per heavy atom. The van der Waals surface area contributed by atoms with Gasteiger partial charge in [0.1, 0.15) is 0 Å². The molecule has 6 heteroatoms. The molecule has 0 N–H and O–H groups in total. The van der Waals surface area contributed by atoms with Crippen molar-refractivity contribution in [3.8, 4) is 22.5 Å². The van der Waals surface area contributed by atoms with Gasteiger partial charge in [0.15, 0.2) is 11.6 Å². The minimum Gasteiger partial charge on any atom is -0.294 e. The summed E-state index contributed by atoms with van der Waals surface area (Å²) in [6, 6.07) is 16.1. The quantitative estimate of drug-likeness (QED) is 0.487. The summed E-state index contributed by atoms with van der Waals surface area (Å²) in [5.74, 6) is 0.826. The Labute approximate surface area is 169 Å². The molecule has 0 saturated carbocycles. The van der Waals surface area contributed by atoms with Crippen LogP contribution in [0.3, 0.4) is 0 Å². The lowest BCUT2D eigenvalue weighted by molar-refractivity contribution is 0.0992. The lowest BCUT2D eigenvalue weighted by Crippen LogP contribution is -2.05. The first-order valence-electron chi connectivity index (χ1n) is 9.39. The third-order valence-corrected chi connectivity index (χ3v) is 5.07. The van der Waals surface area contributed by atoms with E-state index in [-0.39, 0.29) is 5.78 Å². The molecule has 144 valence electrons. The summed E-state index contributed by atoms with van der Waals surface area (Å²) in [4.78, 5) is 16.7. The van der Waals surface area contributed by atoms with Gasteiger partial charge in [-0.15, -0.1) is 5.10 Å². The van der Waals surface area contributed by atoms with Crippen molar-refractivity contribution < 1.29 is 4.79 Å². The van der Waals surface area contributed by atoms with E-state index in [1.54, 1.807) is 23.1 Å². The molecule has 0 radical (unpaired) electrons. The molecule has 2 aromatic carbocycles. The highest BCUT2D eigenvalue weighted by molar-refractivity contribution is 5.98. The Bertz CT molecular complexity index is 1180. The predicted molar refractivity (Wildman–Crippen MR) is 111 cm³/mol. The van der Waals surface area contributed by atoms with Crippen LogP contribution >= 0.6 is 0 Å². The number of hydrogen-bond donors (Lipinski definition) is 0. The van der Waals surface area contributed by atoms with Crippen LogP contribution in [0.1, 0.15) is 27.0 Å². The number of nitrogens with zero attached hydrogens (tertiary/aromatic N) is 5. The Balaban J connectivity index is 1.59. The molecule has 4 rings (SSSR count). The molecule has 0 aliphatic carbocycles. The van der Waals surface area contributed by atoms with Crippen molar-refractivity contribution in [3.05, 3.63) is 83.2 Å². The molecule has 29 heavy (non-hydrogen) atoms. The fourth-order valence-corrected chi connectivity index (χ4v) is 3.42. The van der Waals surface area contributed by atoms with Crippen LogP contribution in [-0.4, -0.2) is 31.0 Å². The Morgan fingerprint density at radius 3 is 2.41 bits per heavy atom. The van der Waals surface area contributed by atoms with Crippen LogP contribution in [0, 0.1) is 13.8 Å². The zero-order chi connectivity index (χ0) is 20.4. The Morgan fingerprint density at radius 2 is 1.72 bits per heavy atom. The van der Waals surface area contributed by atoms with Gasteiger partial charge in [0, 0.05) is 37.0 Å². The smallest absolute Gasteiger partial charge is 0.181 e. The minimum absolute atomic E-state index is 0.102. The molecule has 0 aliphatic heterocycles. The fraction of sp³-hybridized carbons (Fsp3) is 0.174. The fourth-order valence-electron chi connectivity index (χ4n) is 3.42. The first-order chi connectivity index (χ1) is 14.0. The van der Waals surface area contributed by atoms with E-state index in [2.05, 4.69) is 51.7 Å². The maximum atomic E-state index is 12.6. The van der Waals surface area contributed by atoms with E-state index < -0.39 is 0 Å². The zero-order valence-electron chi connectivity index (χ0n) is 16.6. The maximum absolute atomic E-state index is 12.6. The summed E-state index contributed by atoms with van der Waals surface area (Å²) in [5, 5.41) is 11.7. The lowest BCUT2D eigenvalue weighted by Gasteiger charge is -2.10. The van der Waals surface area contributed by atoms with Gasteiger partial charge in [0.25, 0.3) is 0 Å². The molecule has 0 atom stereocenters. The zero-order valence-corrected chi connectivity index (χ0v) is 16.6. The standard InChI is InChI=1S/C23H21N5O/c1-15-4-7-19(23-25-26-27-28(23)3)13-21(15)18-8-5-17(6-9-18)12-22(29)20-10-11-24-14-16(20)2/h4-11,13-14H,12H2,1-3H3. The average Bonchev–Trinajstić information content (AvgIpc) is 3.15. The first-order valence-corrected chi connectivity index (χ1v) is 9.39. The summed E-state index contributed by atoms with van der Waals surface area (Å²) in [7, 11) is 1.82. The van der Waals surface area contributed by atoms with E-state index in [1.165, 1.54) is 5.56 Å². The molecule has 0 amide bonds. The molecule has 0 spiro atoms. The van der Waals surface area contributed by atoms with Crippen LogP contribution in [0.2, 0.25) is 0 Å². The number of Topliss-reactive ketones (excluding diaryl/α,β-unsaturated/α-hetero) is 1. The van der Waals surface area contributed by atoms with Crippen molar-refractivity contribution >= 4 is 5.78 Å². The van der Waals surface area contributed by atoms with Crippen LogP contribution < -0.4 is 0 Å². The highest BCUT2D eigenvalue weighted by atomic mass is 16.1. The minimum atomic E-state index is 0.102. The highest BCUT2D eigenvalue weighted by Crippen LogP contribution is 2.28. The molecule has 2 aromatic heterocycles. The van der Waals surface area contributed by atoms with Crippen molar-refractivity contribution in [1.82, 2.24) is 25.2 Å². The van der Waals surface area contributed by atoms with Crippen LogP contribution in [0.5, 0.6) is 0 Å². The van der Waals surface area contributed by atoms with Crippen molar-refractivity contribution in [2.45, 2.75) is 20.3 Å². The lowest BCUT2D eigenvalue weighted by atomic mass is 9.95. The summed E-state index contributed by atoms with van der Waals surface area (Å²) in [6.07, 6.45) is 3.75. The molecule has 0 aliphatic rings. The third kappa shape index (κ3) is 3.82. The van der Waals surface area contributed by atoms with E-state index in [0.717, 1.165) is 39.2 Å². The summed E-state index contributed by atoms with van der Waals surface area (Å²) in [5.41, 5.74) is 6.96. The molecule has 0 fully saturated rings. The molecular formula is C23H21N5O. The van der Waals surface area contributed by atoms with Gasteiger partial charge in [-0.2, -0.15) is 0 Å². The van der Waals surface area contributed by atoms with Crippen LogP contribution in [0.4, 0.5) is 0 Å². The van der Waals surface area contributed by atoms with Gasteiger partial charge >= 0.3 is 0 Å². The molecule has 2 heterocycles. The van der Waals surface area contributed by atoms with E-state index in [9.17, 15) is 4.79 Å². The Hall–Kier alpha value is -3.67. The Kier molecular flexibility index (Phi) is 4.99. The molecule has 0 unspecified atom stereocenters. The number of tetrazole rings is 1. The van der Waals surface area contributed by atoms with Crippen LogP contribution in [-0.2, 0) is 13.5 Å². The number of pyridine rings is 1. The second-order valence-electron chi connectivity index (χ2n) is 7.14. The van der Waals surface area contributed by atoms with E-state index in [4.69, 9.17) is 0 Å². The normalized spacial score (nSPS) is 10.9. The second kappa shape index (κ2) is 7.75. The average molecular weight is 383 g/mol. The van der Waals surface area contributed by atoms with Crippen molar-refractivity contribution in [3.63, 3.8) is 0 Å². The SMILES string of the molecule is Cc1cnccc1C(=O)Cc1ccc(-c2cc(-c3nnnn3C)ccc2C)cc1. The monoisotopic (exact) mass is 383 g/mol. The van der Waals surface area contributed by atoms with Gasteiger partial charge in [-0.05, 0) is 64.2 Å². The van der Waals surface area contributed by atoms with Gasteiger partial charge in [0.2, 0.25) is 0 Å². The number of benzene rings is 2. The predicted octanol–water partition coefficient (Wildman–Crippen LogP) is 3.98. The van der Waals surface area contributed by atoms with Crippen LogP contribution in [0.25, 0.3) is 22.5 Å². The molecular weight excluding hydrogens is 362 g/mol. The van der Waals surface area contributed by atoms with Crippen molar-refractivity contribution in [2.75, 3.05) is 0 Å². The van der Waals surface area contributed by atoms with Gasteiger partial charge in [-0.1, -0.05) is 36.4 Å². The van der Waals surface area contributed by atoms with E-state index in [1.807, 2.05) is 32.2 Å². The number of carbonyl (C=O) groups excluding carboxylic acids is 1. The van der Waals surface area contributed by atoms with Crippen LogP contribution in [0.15, 0.2) is 60.9 Å². The largest absolute Gasteiger partial charge is 0.294 e. The maximum Gasteiger partial charge on any atom is 0.181 e. The molecule has 6 nitrogen and oxygen atoms in total.